The minimum atomic E-state index is -0.634. The first-order chi connectivity index (χ1) is 9.15. The maximum absolute atomic E-state index is 12.4. The van der Waals surface area contributed by atoms with Crippen molar-refractivity contribution in [3.63, 3.8) is 0 Å². The van der Waals surface area contributed by atoms with Gasteiger partial charge in [0, 0.05) is 35.0 Å². The van der Waals surface area contributed by atoms with Crippen LogP contribution in [0.2, 0.25) is 0 Å². The molecule has 1 aromatic rings. The van der Waals surface area contributed by atoms with Crippen LogP contribution >= 0.6 is 0 Å². The molecule has 0 atom stereocenters. The summed E-state index contributed by atoms with van der Waals surface area (Å²) in [5, 5.41) is 0. The fraction of sp³-hybridized carbons (Fsp3) is 0.500. The first-order valence-electron chi connectivity index (χ1n) is 6.75. The summed E-state index contributed by atoms with van der Waals surface area (Å²) in [6, 6.07) is 6.79. The van der Waals surface area contributed by atoms with Crippen molar-refractivity contribution in [3.8, 4) is 0 Å². The summed E-state index contributed by atoms with van der Waals surface area (Å²) in [6.07, 6.45) is 0. The molecular formula is C16H24N2O2. The van der Waals surface area contributed by atoms with E-state index in [1.807, 2.05) is 0 Å². The topological polar surface area (TPSA) is 86.2 Å². The van der Waals surface area contributed by atoms with Gasteiger partial charge in [-0.05, 0) is 6.07 Å². The van der Waals surface area contributed by atoms with Gasteiger partial charge in [-0.15, -0.1) is 0 Å². The fourth-order valence-electron chi connectivity index (χ4n) is 1.77. The Balaban J connectivity index is 3.16. The monoisotopic (exact) mass is 276 g/mol. The first kappa shape index (κ1) is 16.5. The maximum Gasteiger partial charge on any atom is 0.169 e. The molecule has 0 aromatic heterocycles. The molecule has 1 aromatic carbocycles. The molecule has 0 fully saturated rings. The molecule has 4 nitrogen and oxygen atoms in total. The SMILES string of the molecule is CC(C)(CN)C(=O)c1cccc(C(=O)C(C)(C)CN)c1. The highest BCUT2D eigenvalue weighted by molar-refractivity contribution is 6.05. The number of Topliss-reactive ketones (excluding diaryl/α,β-unsaturated/α-hetero) is 2. The molecule has 110 valence electrons. The van der Waals surface area contributed by atoms with Gasteiger partial charge in [0.2, 0.25) is 0 Å². The predicted molar refractivity (Wildman–Crippen MR) is 80.8 cm³/mol. The summed E-state index contributed by atoms with van der Waals surface area (Å²) in [7, 11) is 0. The van der Waals surface area contributed by atoms with Crippen LogP contribution in [0.25, 0.3) is 0 Å². The van der Waals surface area contributed by atoms with Crippen LogP contribution in [0.4, 0.5) is 0 Å². The van der Waals surface area contributed by atoms with Gasteiger partial charge >= 0.3 is 0 Å². The Morgan fingerprint density at radius 2 is 1.25 bits per heavy atom. The molecule has 0 saturated carbocycles. The van der Waals surface area contributed by atoms with E-state index in [0.29, 0.717) is 11.1 Å². The van der Waals surface area contributed by atoms with Crippen LogP contribution in [-0.2, 0) is 0 Å². The summed E-state index contributed by atoms with van der Waals surface area (Å²) in [5.74, 6) is -0.111. The molecule has 0 aliphatic carbocycles. The van der Waals surface area contributed by atoms with E-state index in [9.17, 15) is 9.59 Å². The second-order valence-corrected chi connectivity index (χ2v) is 6.42. The lowest BCUT2D eigenvalue weighted by Gasteiger charge is -2.23. The van der Waals surface area contributed by atoms with Gasteiger partial charge in [-0.2, -0.15) is 0 Å². The predicted octanol–water partition coefficient (Wildman–Crippen LogP) is 2.02. The van der Waals surface area contributed by atoms with Crippen LogP contribution in [-0.4, -0.2) is 24.7 Å². The largest absolute Gasteiger partial charge is 0.329 e. The van der Waals surface area contributed by atoms with Crippen molar-refractivity contribution in [3.05, 3.63) is 35.4 Å². The smallest absolute Gasteiger partial charge is 0.169 e. The molecule has 0 amide bonds. The lowest BCUT2D eigenvalue weighted by molar-refractivity contribution is 0.0845. The minimum Gasteiger partial charge on any atom is -0.329 e. The third-order valence-electron chi connectivity index (χ3n) is 3.64. The summed E-state index contributed by atoms with van der Waals surface area (Å²) < 4.78 is 0. The van der Waals surface area contributed by atoms with Gasteiger partial charge in [-0.25, -0.2) is 0 Å². The van der Waals surface area contributed by atoms with Crippen LogP contribution in [0.1, 0.15) is 48.4 Å². The van der Waals surface area contributed by atoms with Gasteiger partial charge in [0.15, 0.2) is 11.6 Å². The second kappa shape index (κ2) is 5.85. The number of carbonyl (C=O) groups excluding carboxylic acids is 2. The number of rotatable bonds is 6. The molecule has 20 heavy (non-hydrogen) atoms. The van der Waals surface area contributed by atoms with Gasteiger partial charge in [0.1, 0.15) is 0 Å². The zero-order valence-electron chi connectivity index (χ0n) is 12.7. The molecule has 0 saturated heterocycles. The van der Waals surface area contributed by atoms with Crippen molar-refractivity contribution in [2.45, 2.75) is 27.7 Å². The van der Waals surface area contributed by atoms with Crippen molar-refractivity contribution < 1.29 is 9.59 Å². The van der Waals surface area contributed by atoms with Crippen LogP contribution in [0.3, 0.4) is 0 Å². The summed E-state index contributed by atoms with van der Waals surface area (Å²) in [5.41, 5.74) is 11.0. The van der Waals surface area contributed by atoms with Gasteiger partial charge < -0.3 is 11.5 Å². The third-order valence-corrected chi connectivity index (χ3v) is 3.64. The zero-order valence-corrected chi connectivity index (χ0v) is 12.7. The molecule has 0 aliphatic rings. The number of nitrogens with two attached hydrogens (primary N) is 2. The van der Waals surface area contributed by atoms with Crippen LogP contribution < -0.4 is 11.5 Å². The molecule has 0 bridgehead atoms. The Hall–Kier alpha value is -1.52. The van der Waals surface area contributed by atoms with E-state index < -0.39 is 10.8 Å². The molecule has 0 aliphatic heterocycles. The molecular weight excluding hydrogens is 252 g/mol. The molecule has 4 heteroatoms. The Kier molecular flexibility index (Phi) is 4.84. The standard InChI is InChI=1S/C16H24N2O2/c1-15(2,9-17)13(19)11-6-5-7-12(8-11)14(20)16(3,4)10-18/h5-8H,9-10,17-18H2,1-4H3. The molecule has 0 heterocycles. The lowest BCUT2D eigenvalue weighted by atomic mass is 9.81. The number of carbonyl (C=O) groups is 2. The van der Waals surface area contributed by atoms with Gasteiger partial charge in [-0.1, -0.05) is 45.9 Å². The van der Waals surface area contributed by atoms with Crippen molar-refractivity contribution in [1.82, 2.24) is 0 Å². The summed E-state index contributed by atoms with van der Waals surface area (Å²) >= 11 is 0. The average Bonchev–Trinajstić information content (AvgIpc) is 2.45. The minimum absolute atomic E-state index is 0.0554. The molecule has 0 radical (unpaired) electrons. The molecule has 0 spiro atoms. The number of hydrogen-bond donors (Lipinski definition) is 2. The van der Waals surface area contributed by atoms with Gasteiger partial charge in [-0.3, -0.25) is 9.59 Å². The average molecular weight is 276 g/mol. The van der Waals surface area contributed by atoms with E-state index in [0.717, 1.165) is 0 Å². The van der Waals surface area contributed by atoms with Crippen molar-refractivity contribution in [2.24, 2.45) is 22.3 Å². The van der Waals surface area contributed by atoms with E-state index in [4.69, 9.17) is 11.5 Å². The zero-order chi connectivity index (χ0) is 15.6. The first-order valence-corrected chi connectivity index (χ1v) is 6.75. The lowest BCUT2D eigenvalue weighted by Crippen LogP contribution is -2.34. The Morgan fingerprint density at radius 1 is 0.900 bits per heavy atom. The summed E-state index contributed by atoms with van der Waals surface area (Å²) in [4.78, 5) is 24.8. The molecule has 0 unspecified atom stereocenters. The van der Waals surface area contributed by atoms with E-state index in [2.05, 4.69) is 0 Å². The van der Waals surface area contributed by atoms with Crippen molar-refractivity contribution in [1.29, 1.82) is 0 Å². The summed E-state index contributed by atoms with van der Waals surface area (Å²) in [6.45, 7) is 7.72. The molecule has 1 rings (SSSR count). The highest BCUT2D eigenvalue weighted by Crippen LogP contribution is 2.24. The maximum atomic E-state index is 12.4. The molecule has 4 N–H and O–H groups in total. The van der Waals surface area contributed by atoms with Crippen LogP contribution in [0, 0.1) is 10.8 Å². The van der Waals surface area contributed by atoms with E-state index in [1.54, 1.807) is 52.0 Å². The Bertz CT molecular complexity index is 476. The third kappa shape index (κ3) is 3.32. The number of ketones is 2. The van der Waals surface area contributed by atoms with Crippen LogP contribution in [0.15, 0.2) is 24.3 Å². The van der Waals surface area contributed by atoms with Gasteiger partial charge in [0.25, 0.3) is 0 Å². The van der Waals surface area contributed by atoms with Crippen molar-refractivity contribution >= 4 is 11.6 Å². The number of benzene rings is 1. The Morgan fingerprint density at radius 3 is 1.55 bits per heavy atom. The van der Waals surface area contributed by atoms with E-state index in [-0.39, 0.29) is 24.7 Å². The Labute approximate surface area is 120 Å². The van der Waals surface area contributed by atoms with E-state index >= 15 is 0 Å². The van der Waals surface area contributed by atoms with Gasteiger partial charge in [0.05, 0.1) is 0 Å². The van der Waals surface area contributed by atoms with E-state index in [1.165, 1.54) is 0 Å². The quantitative estimate of drug-likeness (QED) is 0.778. The highest BCUT2D eigenvalue weighted by Gasteiger charge is 2.30. The highest BCUT2D eigenvalue weighted by atomic mass is 16.1. The fourth-order valence-corrected chi connectivity index (χ4v) is 1.77. The van der Waals surface area contributed by atoms with Crippen molar-refractivity contribution in [2.75, 3.05) is 13.1 Å². The van der Waals surface area contributed by atoms with Crippen LogP contribution in [0.5, 0.6) is 0 Å². The number of hydrogen-bond acceptors (Lipinski definition) is 4. The second-order valence-electron chi connectivity index (χ2n) is 6.42. The normalized spacial score (nSPS) is 12.3.